The van der Waals surface area contributed by atoms with E-state index in [4.69, 9.17) is 10.1 Å². The summed E-state index contributed by atoms with van der Waals surface area (Å²) in [4.78, 5) is 7.77. The fraction of sp³-hybridized carbons (Fsp3) is 0.375. The van der Waals surface area contributed by atoms with Crippen LogP contribution in [-0.4, -0.2) is 37.3 Å². The van der Waals surface area contributed by atoms with Gasteiger partial charge in [0.25, 0.3) is 0 Å². The topological polar surface area (TPSA) is 38.9 Å². The van der Waals surface area contributed by atoms with Crippen molar-refractivity contribution in [3.05, 3.63) is 83.7 Å². The van der Waals surface area contributed by atoms with Crippen LogP contribution in [0.3, 0.4) is 0 Å². The van der Waals surface area contributed by atoms with E-state index in [-0.39, 0.29) is 0 Å². The maximum absolute atomic E-state index is 5.15. The molecule has 2 fully saturated rings. The largest absolute Gasteiger partial charge is 0.327 e. The molecule has 7 rings (SSSR count). The molecule has 1 aliphatic heterocycles. The molecule has 0 atom stereocenters. The molecule has 1 saturated carbocycles. The fourth-order valence-corrected chi connectivity index (χ4v) is 6.33. The van der Waals surface area contributed by atoms with Gasteiger partial charge in [-0.15, -0.1) is 0 Å². The lowest BCUT2D eigenvalue weighted by molar-refractivity contribution is 0.200. The number of hydrogen-bond acceptors (Lipinski definition) is 3. The van der Waals surface area contributed by atoms with Gasteiger partial charge in [0, 0.05) is 37.0 Å². The fourth-order valence-electron chi connectivity index (χ4n) is 6.33. The zero-order valence-electron chi connectivity index (χ0n) is 21.9. The zero-order valence-corrected chi connectivity index (χ0v) is 21.9. The summed E-state index contributed by atoms with van der Waals surface area (Å²) in [5.74, 6) is 2.72. The molecule has 5 heteroatoms. The Kier molecular flexibility index (Phi) is 5.62. The van der Waals surface area contributed by atoms with E-state index in [2.05, 4.69) is 94.9 Å². The van der Waals surface area contributed by atoms with Crippen LogP contribution in [-0.2, 0) is 20.1 Å². The second-order valence-electron chi connectivity index (χ2n) is 11.2. The minimum atomic E-state index is 0.544. The first-order valence-electron chi connectivity index (χ1n) is 13.8. The molecule has 1 aliphatic carbocycles. The van der Waals surface area contributed by atoms with Crippen molar-refractivity contribution in [2.45, 2.75) is 51.6 Å². The summed E-state index contributed by atoms with van der Waals surface area (Å²) >= 11 is 0. The Balaban J connectivity index is 1.12. The van der Waals surface area contributed by atoms with Gasteiger partial charge in [-0.1, -0.05) is 54.6 Å². The van der Waals surface area contributed by atoms with Crippen LogP contribution in [0.4, 0.5) is 0 Å². The van der Waals surface area contributed by atoms with Crippen LogP contribution < -0.4 is 0 Å². The lowest BCUT2D eigenvalue weighted by Gasteiger charge is -2.32. The number of likely N-dealkylation sites (tertiary alicyclic amines) is 1. The van der Waals surface area contributed by atoms with Crippen LogP contribution in [0.25, 0.3) is 33.2 Å². The molecule has 2 aliphatic rings. The molecule has 37 heavy (non-hydrogen) atoms. The van der Waals surface area contributed by atoms with Gasteiger partial charge in [0.2, 0.25) is 0 Å². The first-order valence-corrected chi connectivity index (χ1v) is 13.8. The minimum Gasteiger partial charge on any atom is -0.327 e. The maximum atomic E-state index is 5.15. The predicted octanol–water partition coefficient (Wildman–Crippen LogP) is 6.69. The lowest BCUT2D eigenvalue weighted by Crippen LogP contribution is -2.33. The van der Waals surface area contributed by atoms with Crippen molar-refractivity contribution in [1.82, 2.24) is 24.2 Å². The number of fused-ring (bicyclic) bond motifs is 2. The summed E-state index contributed by atoms with van der Waals surface area (Å²) < 4.78 is 4.64. The van der Waals surface area contributed by atoms with Crippen molar-refractivity contribution in [2.75, 3.05) is 13.1 Å². The Bertz CT molecular complexity index is 1580. The van der Waals surface area contributed by atoms with E-state index in [1.807, 2.05) is 0 Å². The van der Waals surface area contributed by atoms with Gasteiger partial charge in [-0.05, 0) is 74.9 Å². The summed E-state index contributed by atoms with van der Waals surface area (Å²) in [6.45, 7) is 6.49. The number of benzene rings is 3. The molecule has 0 bridgehead atoms. The van der Waals surface area contributed by atoms with Gasteiger partial charge in [-0.25, -0.2) is 4.98 Å². The van der Waals surface area contributed by atoms with Crippen molar-refractivity contribution in [2.24, 2.45) is 13.0 Å². The third-order valence-electron chi connectivity index (χ3n) is 8.52. The summed E-state index contributed by atoms with van der Waals surface area (Å²) in [5, 5.41) is 6.22. The highest BCUT2D eigenvalue weighted by Gasteiger charge is 2.29. The second-order valence-corrected chi connectivity index (χ2v) is 11.2. The SMILES string of the molecule is Cc1ccccc1-c1nn(C)c2c(CN3CCC(c4nc5ccccc5n4CC4CC4)CC3)cccc12. The Morgan fingerprint density at radius 2 is 1.65 bits per heavy atom. The van der Waals surface area contributed by atoms with Gasteiger partial charge in [0.05, 0.1) is 16.6 Å². The van der Waals surface area contributed by atoms with Gasteiger partial charge in [-0.3, -0.25) is 9.58 Å². The highest BCUT2D eigenvalue weighted by Crippen LogP contribution is 2.37. The molecular weight excluding hydrogens is 454 g/mol. The molecule has 5 aromatic rings. The van der Waals surface area contributed by atoms with Crippen molar-refractivity contribution in [1.29, 1.82) is 0 Å². The highest BCUT2D eigenvalue weighted by atomic mass is 15.3. The van der Waals surface area contributed by atoms with Crippen LogP contribution in [0, 0.1) is 12.8 Å². The van der Waals surface area contributed by atoms with E-state index in [9.17, 15) is 0 Å². The van der Waals surface area contributed by atoms with E-state index in [1.165, 1.54) is 64.6 Å². The van der Waals surface area contributed by atoms with Crippen LogP contribution in [0.2, 0.25) is 0 Å². The normalized spacial score (nSPS) is 17.2. The average Bonchev–Trinajstić information content (AvgIpc) is 3.58. The third kappa shape index (κ3) is 4.15. The predicted molar refractivity (Wildman–Crippen MR) is 151 cm³/mol. The van der Waals surface area contributed by atoms with Crippen LogP contribution in [0.5, 0.6) is 0 Å². The van der Waals surface area contributed by atoms with Crippen molar-refractivity contribution in [3.63, 3.8) is 0 Å². The van der Waals surface area contributed by atoms with E-state index in [1.54, 1.807) is 0 Å². The van der Waals surface area contributed by atoms with Crippen molar-refractivity contribution >= 4 is 21.9 Å². The summed E-state index contributed by atoms with van der Waals surface area (Å²) in [6, 6.07) is 24.0. The number of para-hydroxylation sites is 3. The molecule has 0 N–H and O–H groups in total. The van der Waals surface area contributed by atoms with Gasteiger partial charge in [0.15, 0.2) is 0 Å². The molecule has 5 nitrogen and oxygen atoms in total. The molecule has 2 aromatic heterocycles. The highest BCUT2D eigenvalue weighted by molar-refractivity contribution is 5.95. The Morgan fingerprint density at radius 3 is 2.46 bits per heavy atom. The quantitative estimate of drug-likeness (QED) is 0.267. The zero-order chi connectivity index (χ0) is 24.9. The summed E-state index contributed by atoms with van der Waals surface area (Å²) in [5.41, 5.74) is 8.68. The van der Waals surface area contributed by atoms with E-state index >= 15 is 0 Å². The summed E-state index contributed by atoms with van der Waals surface area (Å²) in [6.07, 6.45) is 5.08. The van der Waals surface area contributed by atoms with E-state index in [0.717, 1.165) is 43.3 Å². The molecule has 0 amide bonds. The molecule has 3 heterocycles. The maximum Gasteiger partial charge on any atom is 0.113 e. The van der Waals surface area contributed by atoms with Crippen LogP contribution >= 0.6 is 0 Å². The van der Waals surface area contributed by atoms with Crippen molar-refractivity contribution in [3.8, 4) is 11.3 Å². The summed E-state index contributed by atoms with van der Waals surface area (Å²) in [7, 11) is 2.09. The molecule has 0 spiro atoms. The van der Waals surface area contributed by atoms with Gasteiger partial charge in [0.1, 0.15) is 11.5 Å². The van der Waals surface area contributed by atoms with E-state index < -0.39 is 0 Å². The number of hydrogen-bond donors (Lipinski definition) is 0. The Labute approximate surface area is 218 Å². The van der Waals surface area contributed by atoms with Crippen molar-refractivity contribution < 1.29 is 0 Å². The van der Waals surface area contributed by atoms with Gasteiger partial charge in [-0.2, -0.15) is 5.10 Å². The monoisotopic (exact) mass is 489 g/mol. The molecule has 188 valence electrons. The Hall–Kier alpha value is -3.44. The first-order chi connectivity index (χ1) is 18.2. The van der Waals surface area contributed by atoms with Crippen LogP contribution in [0.1, 0.15) is 48.6 Å². The molecular formula is C32H35N5. The number of nitrogens with zero attached hydrogens (tertiary/aromatic N) is 5. The average molecular weight is 490 g/mol. The van der Waals surface area contributed by atoms with Gasteiger partial charge < -0.3 is 4.57 Å². The number of aryl methyl sites for hydroxylation is 2. The third-order valence-corrected chi connectivity index (χ3v) is 8.52. The first kappa shape index (κ1) is 22.7. The molecule has 3 aromatic carbocycles. The van der Waals surface area contributed by atoms with Crippen LogP contribution in [0.15, 0.2) is 66.7 Å². The standard InChI is InChI=1S/C32H35N5/c1-22-8-3-4-10-26(22)30-27-11-7-9-25(31(27)35(2)34-30)21-36-18-16-24(17-19-36)32-33-28-12-5-6-13-29(28)37(32)20-23-14-15-23/h3-13,23-24H,14-21H2,1-2H3. The number of aromatic nitrogens is 4. The number of imidazole rings is 1. The second kappa shape index (κ2) is 9.14. The molecule has 1 saturated heterocycles. The number of rotatable bonds is 6. The molecule has 0 radical (unpaired) electrons. The number of piperidine rings is 1. The lowest BCUT2D eigenvalue weighted by atomic mass is 9.95. The molecule has 0 unspecified atom stereocenters. The Morgan fingerprint density at radius 1 is 0.865 bits per heavy atom. The smallest absolute Gasteiger partial charge is 0.113 e. The minimum absolute atomic E-state index is 0.544. The van der Waals surface area contributed by atoms with E-state index in [0.29, 0.717) is 5.92 Å². The van der Waals surface area contributed by atoms with Gasteiger partial charge >= 0.3 is 0 Å².